The van der Waals surface area contributed by atoms with E-state index in [9.17, 15) is 5.11 Å². The molecule has 67 heavy (non-hydrogen) atoms. The molecule has 4 heteroatoms. The molecule has 0 amide bonds. The van der Waals surface area contributed by atoms with Crippen molar-refractivity contribution in [2.45, 2.75) is 17.0 Å². The van der Waals surface area contributed by atoms with Gasteiger partial charge in [-0.05, 0) is 107 Å². The molecule has 0 bridgehead atoms. The average Bonchev–Trinajstić information content (AvgIpc) is 3.86. The van der Waals surface area contributed by atoms with E-state index in [2.05, 4.69) is 218 Å². The molecule has 1 aliphatic heterocycles. The Morgan fingerprint density at radius 1 is 0.388 bits per heavy atom. The lowest BCUT2D eigenvalue weighted by molar-refractivity contribution is 0.476. The van der Waals surface area contributed by atoms with Crippen LogP contribution in [0.1, 0.15) is 67.4 Å². The van der Waals surface area contributed by atoms with Crippen molar-refractivity contribution in [1.29, 1.82) is 0 Å². The van der Waals surface area contributed by atoms with Gasteiger partial charge in [0.2, 0.25) is 0 Å². The average molecular weight is 856 g/mol. The summed E-state index contributed by atoms with van der Waals surface area (Å²) in [7, 11) is 0. The summed E-state index contributed by atoms with van der Waals surface area (Å²) in [5, 5.41) is 18.4. The third kappa shape index (κ3) is 5.13. The van der Waals surface area contributed by atoms with Gasteiger partial charge in [0.25, 0.3) is 0 Å². The van der Waals surface area contributed by atoms with E-state index < -0.39 is 10.8 Å². The zero-order chi connectivity index (χ0) is 44.3. The molecule has 1 unspecified atom stereocenters. The maximum Gasteiger partial charge on any atom is 0.159 e. The van der Waals surface area contributed by atoms with E-state index in [1.807, 2.05) is 18.2 Å². The fraction of sp³-hybridized carbons (Fsp3) is 0.0476. The van der Waals surface area contributed by atoms with Crippen molar-refractivity contribution in [3.63, 3.8) is 0 Å². The number of nitrogens with zero attached hydrogens (tertiary/aromatic N) is 2. The molecule has 0 saturated carbocycles. The number of aromatic hydroxyl groups is 1. The van der Waals surface area contributed by atoms with Crippen LogP contribution in [0.4, 0.5) is 0 Å². The summed E-state index contributed by atoms with van der Waals surface area (Å²) in [6.45, 7) is 0. The lowest BCUT2D eigenvalue weighted by Gasteiger charge is -2.49. The molecule has 10 aromatic carbocycles. The zero-order valence-electron chi connectivity index (χ0n) is 36.4. The van der Waals surface area contributed by atoms with Crippen molar-refractivity contribution < 1.29 is 5.11 Å². The first-order valence-electron chi connectivity index (χ1n) is 23.1. The fourth-order valence-electron chi connectivity index (χ4n) is 12.3. The highest BCUT2D eigenvalue weighted by Crippen LogP contribution is 2.69. The van der Waals surface area contributed by atoms with Gasteiger partial charge in [-0.3, -0.25) is 0 Å². The Hall–Kier alpha value is -8.60. The third-order valence-electron chi connectivity index (χ3n) is 14.9. The second-order valence-electron chi connectivity index (χ2n) is 18.1. The normalized spacial score (nSPS) is 16.2. The van der Waals surface area contributed by atoms with Crippen LogP contribution in [0.15, 0.2) is 241 Å². The highest BCUT2D eigenvalue weighted by atomic mass is 16.3. The molecule has 3 aliphatic carbocycles. The van der Waals surface area contributed by atoms with Crippen LogP contribution in [0.25, 0.3) is 44.2 Å². The molecule has 0 saturated heterocycles. The monoisotopic (exact) mass is 855 g/mol. The first-order chi connectivity index (χ1) is 33.1. The van der Waals surface area contributed by atoms with Gasteiger partial charge in [-0.2, -0.15) is 0 Å². The highest BCUT2D eigenvalue weighted by molar-refractivity contribution is 6.14. The Morgan fingerprint density at radius 3 is 1.60 bits per heavy atom. The Bertz CT molecular complexity index is 3660. The number of rotatable bonds is 4. The number of benzene rings is 10. The molecule has 2 N–H and O–H groups in total. The van der Waals surface area contributed by atoms with Crippen LogP contribution in [0.3, 0.4) is 0 Å². The second-order valence-corrected chi connectivity index (χ2v) is 18.1. The highest BCUT2D eigenvalue weighted by Gasteiger charge is 2.59. The summed E-state index contributed by atoms with van der Waals surface area (Å²) >= 11 is 0. The van der Waals surface area contributed by atoms with Gasteiger partial charge >= 0.3 is 0 Å². The van der Waals surface area contributed by atoms with Crippen molar-refractivity contribution in [3.8, 4) is 39.1 Å². The van der Waals surface area contributed by atoms with Crippen LogP contribution < -0.4 is 5.32 Å². The molecule has 1 atom stereocenters. The van der Waals surface area contributed by atoms with Crippen LogP contribution in [0.2, 0.25) is 0 Å². The number of fused-ring (bicyclic) bond motifs is 17. The van der Waals surface area contributed by atoms with E-state index in [1.165, 1.54) is 55.5 Å². The van der Waals surface area contributed by atoms with Crippen molar-refractivity contribution in [1.82, 2.24) is 5.32 Å². The fourth-order valence-corrected chi connectivity index (χ4v) is 12.3. The molecule has 0 radical (unpaired) electrons. The number of hydrogen-bond donors (Lipinski definition) is 2. The number of amidine groups is 2. The first-order valence-corrected chi connectivity index (χ1v) is 23.1. The quantitative estimate of drug-likeness (QED) is 0.185. The number of aliphatic imine (C=N–C) groups is 2. The van der Waals surface area contributed by atoms with Gasteiger partial charge in [-0.15, -0.1) is 0 Å². The van der Waals surface area contributed by atoms with E-state index in [1.54, 1.807) is 0 Å². The topological polar surface area (TPSA) is 57.0 Å². The number of hydrogen-bond acceptors (Lipinski definition) is 4. The van der Waals surface area contributed by atoms with E-state index in [-0.39, 0.29) is 11.9 Å². The molecular weight excluding hydrogens is 815 g/mol. The molecule has 4 aliphatic rings. The summed E-state index contributed by atoms with van der Waals surface area (Å²) < 4.78 is 0. The van der Waals surface area contributed by atoms with Crippen LogP contribution in [0.5, 0.6) is 5.75 Å². The van der Waals surface area contributed by atoms with Gasteiger partial charge in [-0.25, -0.2) is 9.98 Å². The summed E-state index contributed by atoms with van der Waals surface area (Å²) in [5.74, 6) is 1.69. The number of phenolic OH excluding ortho intramolecular Hbond substituents is 1. The van der Waals surface area contributed by atoms with Crippen molar-refractivity contribution in [2.75, 3.05) is 0 Å². The Kier molecular flexibility index (Phi) is 8.00. The van der Waals surface area contributed by atoms with Crippen LogP contribution in [0, 0.1) is 0 Å². The van der Waals surface area contributed by atoms with Gasteiger partial charge in [0, 0.05) is 16.7 Å². The number of phenols is 1. The molecule has 314 valence electrons. The molecule has 0 fully saturated rings. The second kappa shape index (κ2) is 14.2. The molecule has 1 heterocycles. The van der Waals surface area contributed by atoms with Crippen molar-refractivity contribution in [2.24, 2.45) is 9.98 Å². The Labute approximate surface area is 389 Å². The van der Waals surface area contributed by atoms with E-state index >= 15 is 0 Å². The van der Waals surface area contributed by atoms with Gasteiger partial charge in [0.15, 0.2) is 5.84 Å². The smallest absolute Gasteiger partial charge is 0.159 e. The molecular formula is C63H41N3O. The number of nitrogens with one attached hydrogen (secondary N) is 1. The van der Waals surface area contributed by atoms with Crippen molar-refractivity contribution >= 4 is 22.4 Å². The SMILES string of the molecule is Oc1ccc2c(c1-c1ccccc1)C1(c3ccc(C4=NC(c5ccc6ccccc6c5)=NC(c5ccccc5)N4)cc3-2)c2ccccc2C2(c3ccccc3-c3ccccc32)c2ccccc21. The molecule has 14 rings (SSSR count). The van der Waals surface area contributed by atoms with Crippen LogP contribution in [-0.4, -0.2) is 16.8 Å². The van der Waals surface area contributed by atoms with Crippen molar-refractivity contribution in [3.05, 3.63) is 292 Å². The van der Waals surface area contributed by atoms with Crippen LogP contribution in [-0.2, 0) is 10.8 Å². The first kappa shape index (κ1) is 37.7. The summed E-state index contributed by atoms with van der Waals surface area (Å²) in [6, 6.07) is 82.8. The Morgan fingerprint density at radius 2 is 0.925 bits per heavy atom. The molecule has 0 aromatic heterocycles. The predicted molar refractivity (Wildman–Crippen MR) is 271 cm³/mol. The maximum absolute atomic E-state index is 12.3. The van der Waals surface area contributed by atoms with Gasteiger partial charge < -0.3 is 10.4 Å². The maximum atomic E-state index is 12.3. The predicted octanol–water partition coefficient (Wildman–Crippen LogP) is 13.7. The van der Waals surface area contributed by atoms with Gasteiger partial charge in [-0.1, -0.05) is 212 Å². The third-order valence-corrected chi connectivity index (χ3v) is 14.9. The molecule has 4 nitrogen and oxygen atoms in total. The standard InChI is InChI=1S/C63H41N3O/c67-56-36-34-47-48-38-44(61-65-59(41-20-5-2-6-21-41)64-60(66-61)43-32-31-39-17-7-8-22-42(39)37-43)33-35-51(48)63(58(47)57(56)40-18-3-1-4-19-40)54-29-15-13-27-52(54)62(53-28-14-16-30-55(53)63)49-25-11-9-23-45(49)46-24-10-12-26-50(46)62/h1-38,59,67H,(H,64,65,66). The zero-order valence-corrected chi connectivity index (χ0v) is 36.4. The minimum absolute atomic E-state index is 0.254. The molecule has 2 spiro atoms. The lowest BCUT2D eigenvalue weighted by atomic mass is 9.52. The van der Waals surface area contributed by atoms with Gasteiger partial charge in [0.05, 0.1) is 10.8 Å². The van der Waals surface area contributed by atoms with Crippen LogP contribution >= 0.6 is 0 Å². The summed E-state index contributed by atoms with van der Waals surface area (Å²) in [6.07, 6.45) is -0.353. The lowest BCUT2D eigenvalue weighted by Crippen LogP contribution is -2.44. The largest absolute Gasteiger partial charge is 0.507 e. The Balaban J connectivity index is 1.05. The van der Waals surface area contributed by atoms with E-state index in [0.29, 0.717) is 5.84 Å². The van der Waals surface area contributed by atoms with E-state index in [0.717, 1.165) is 55.7 Å². The minimum atomic E-state index is -0.815. The van der Waals surface area contributed by atoms with Gasteiger partial charge in [0.1, 0.15) is 17.8 Å². The van der Waals surface area contributed by atoms with E-state index in [4.69, 9.17) is 9.98 Å². The summed E-state index contributed by atoms with van der Waals surface area (Å²) in [4.78, 5) is 10.6. The minimum Gasteiger partial charge on any atom is -0.507 e. The summed E-state index contributed by atoms with van der Waals surface area (Å²) in [5.41, 5.74) is 17.8. The molecule has 10 aromatic rings.